The van der Waals surface area contributed by atoms with E-state index in [1.54, 1.807) is 18.2 Å². The molecule has 1 heterocycles. The van der Waals surface area contributed by atoms with Crippen molar-refractivity contribution in [3.63, 3.8) is 0 Å². The summed E-state index contributed by atoms with van der Waals surface area (Å²) in [7, 11) is 3.86. The number of hydrogen-bond donors (Lipinski definition) is 0. The summed E-state index contributed by atoms with van der Waals surface area (Å²) in [6.07, 6.45) is 0. The first-order valence-corrected chi connectivity index (χ1v) is 5.37. The van der Waals surface area contributed by atoms with Crippen LogP contribution in [-0.4, -0.2) is 29.9 Å². The summed E-state index contributed by atoms with van der Waals surface area (Å²) in [4.78, 5) is 14.0. The van der Waals surface area contributed by atoms with E-state index in [0.717, 1.165) is 0 Å². The van der Waals surface area contributed by atoms with Crippen molar-refractivity contribution in [2.75, 3.05) is 14.1 Å². The van der Waals surface area contributed by atoms with Gasteiger partial charge in [-0.15, -0.1) is 0 Å². The number of hydrogen-bond acceptors (Lipinski definition) is 4. The van der Waals surface area contributed by atoms with E-state index in [4.69, 9.17) is 4.52 Å². The van der Waals surface area contributed by atoms with Gasteiger partial charge in [-0.05, 0) is 14.1 Å². The van der Waals surface area contributed by atoms with Gasteiger partial charge in [0.2, 0.25) is 5.78 Å². The molecule has 2 aromatic rings. The summed E-state index contributed by atoms with van der Waals surface area (Å²) >= 11 is 0. The van der Waals surface area contributed by atoms with Gasteiger partial charge in [0.15, 0.2) is 11.5 Å². The molecular formula is C13H14N2O2. The van der Waals surface area contributed by atoms with Crippen LogP contribution in [0.2, 0.25) is 0 Å². The molecule has 0 aliphatic rings. The summed E-state index contributed by atoms with van der Waals surface area (Å²) in [5.41, 5.74) is 0.977. The second-order valence-corrected chi connectivity index (χ2v) is 4.11. The van der Waals surface area contributed by atoms with E-state index in [9.17, 15) is 4.79 Å². The van der Waals surface area contributed by atoms with E-state index in [2.05, 4.69) is 5.16 Å². The van der Waals surface area contributed by atoms with Gasteiger partial charge in [0.1, 0.15) is 0 Å². The molecule has 88 valence electrons. The van der Waals surface area contributed by atoms with Crippen LogP contribution in [0, 0.1) is 0 Å². The number of nitrogens with zero attached hydrogens (tertiary/aromatic N) is 2. The highest BCUT2D eigenvalue weighted by Gasteiger charge is 2.14. The fourth-order valence-corrected chi connectivity index (χ4v) is 1.54. The quantitative estimate of drug-likeness (QED) is 0.753. The average Bonchev–Trinajstić information content (AvgIpc) is 2.77. The zero-order valence-corrected chi connectivity index (χ0v) is 9.88. The van der Waals surface area contributed by atoms with Gasteiger partial charge in [0.05, 0.1) is 6.54 Å². The molecule has 0 amide bonds. The van der Waals surface area contributed by atoms with Gasteiger partial charge in [-0.1, -0.05) is 35.5 Å². The van der Waals surface area contributed by atoms with Gasteiger partial charge in [0.25, 0.3) is 0 Å². The summed E-state index contributed by atoms with van der Waals surface area (Å²) in [6.45, 7) is 0.634. The maximum Gasteiger partial charge on any atom is 0.214 e. The monoisotopic (exact) mass is 230 g/mol. The lowest BCUT2D eigenvalue weighted by Crippen LogP contribution is -2.09. The van der Waals surface area contributed by atoms with Crippen molar-refractivity contribution in [2.45, 2.75) is 6.54 Å². The van der Waals surface area contributed by atoms with Crippen LogP contribution in [0.5, 0.6) is 0 Å². The van der Waals surface area contributed by atoms with Crippen molar-refractivity contribution >= 4 is 5.78 Å². The fourth-order valence-electron chi connectivity index (χ4n) is 1.54. The first kappa shape index (κ1) is 11.5. The van der Waals surface area contributed by atoms with E-state index >= 15 is 0 Å². The van der Waals surface area contributed by atoms with E-state index in [-0.39, 0.29) is 5.78 Å². The molecule has 4 nitrogen and oxygen atoms in total. The maximum absolute atomic E-state index is 12.0. The Labute approximate surface area is 99.8 Å². The highest BCUT2D eigenvalue weighted by Crippen LogP contribution is 2.11. The molecule has 0 bridgehead atoms. The van der Waals surface area contributed by atoms with Crippen molar-refractivity contribution in [1.82, 2.24) is 10.1 Å². The molecule has 0 atom stereocenters. The van der Waals surface area contributed by atoms with Gasteiger partial charge in [-0.2, -0.15) is 0 Å². The Morgan fingerprint density at radius 1 is 1.29 bits per heavy atom. The number of ketones is 1. The molecule has 0 radical (unpaired) electrons. The molecular weight excluding hydrogens is 216 g/mol. The first-order chi connectivity index (χ1) is 8.16. The molecule has 0 fully saturated rings. The van der Waals surface area contributed by atoms with E-state index in [1.807, 2.05) is 37.2 Å². The largest absolute Gasteiger partial charge is 0.359 e. The smallest absolute Gasteiger partial charge is 0.214 e. The molecule has 0 saturated carbocycles. The number of benzene rings is 1. The third-order valence-corrected chi connectivity index (χ3v) is 2.30. The van der Waals surface area contributed by atoms with Crippen molar-refractivity contribution in [2.24, 2.45) is 0 Å². The van der Waals surface area contributed by atoms with E-state index < -0.39 is 0 Å². The minimum absolute atomic E-state index is 0.112. The van der Waals surface area contributed by atoms with Crippen LogP contribution in [-0.2, 0) is 6.54 Å². The minimum Gasteiger partial charge on any atom is -0.359 e. The Balaban J connectivity index is 2.18. The molecule has 0 unspecified atom stereocenters. The summed E-state index contributed by atoms with van der Waals surface area (Å²) in [6, 6.07) is 10.7. The van der Waals surface area contributed by atoms with Crippen molar-refractivity contribution in [3.05, 3.63) is 53.4 Å². The van der Waals surface area contributed by atoms with Gasteiger partial charge in [0, 0.05) is 11.6 Å². The SMILES string of the molecule is CN(C)Cc1cc(C(=O)c2ccccc2)no1. The third-order valence-electron chi connectivity index (χ3n) is 2.30. The summed E-state index contributed by atoms with van der Waals surface area (Å²) in [5, 5.41) is 3.79. The molecule has 0 spiro atoms. The Morgan fingerprint density at radius 2 is 2.00 bits per heavy atom. The Hall–Kier alpha value is -1.94. The number of carbonyl (C=O) groups excluding carboxylic acids is 1. The summed E-state index contributed by atoms with van der Waals surface area (Å²) in [5.74, 6) is 0.577. The lowest BCUT2D eigenvalue weighted by Gasteiger charge is -2.03. The van der Waals surface area contributed by atoms with Gasteiger partial charge in [-0.3, -0.25) is 4.79 Å². The summed E-state index contributed by atoms with van der Waals surface area (Å²) < 4.78 is 5.11. The van der Waals surface area contributed by atoms with Crippen molar-refractivity contribution in [3.8, 4) is 0 Å². The minimum atomic E-state index is -0.112. The molecule has 2 rings (SSSR count). The zero-order valence-electron chi connectivity index (χ0n) is 9.88. The molecule has 0 saturated heterocycles. The third kappa shape index (κ3) is 2.79. The predicted octanol–water partition coefficient (Wildman–Crippen LogP) is 1.97. The second kappa shape index (κ2) is 4.93. The molecule has 1 aromatic heterocycles. The zero-order chi connectivity index (χ0) is 12.3. The second-order valence-electron chi connectivity index (χ2n) is 4.11. The molecule has 0 aliphatic carbocycles. The Kier molecular flexibility index (Phi) is 3.35. The van der Waals surface area contributed by atoms with Crippen LogP contribution < -0.4 is 0 Å². The Bertz CT molecular complexity index is 503. The Morgan fingerprint density at radius 3 is 2.65 bits per heavy atom. The number of rotatable bonds is 4. The van der Waals surface area contributed by atoms with Crippen LogP contribution in [0.4, 0.5) is 0 Å². The van der Waals surface area contributed by atoms with Crippen molar-refractivity contribution in [1.29, 1.82) is 0 Å². The highest BCUT2D eigenvalue weighted by atomic mass is 16.5. The lowest BCUT2D eigenvalue weighted by molar-refractivity contribution is 0.103. The average molecular weight is 230 g/mol. The fraction of sp³-hybridized carbons (Fsp3) is 0.231. The van der Waals surface area contributed by atoms with Gasteiger partial charge >= 0.3 is 0 Å². The molecule has 0 N–H and O–H groups in total. The van der Waals surface area contributed by atoms with Crippen molar-refractivity contribution < 1.29 is 9.32 Å². The molecule has 17 heavy (non-hydrogen) atoms. The van der Waals surface area contributed by atoms with E-state index in [0.29, 0.717) is 23.6 Å². The highest BCUT2D eigenvalue weighted by molar-refractivity contribution is 6.07. The number of carbonyl (C=O) groups is 1. The molecule has 1 aromatic carbocycles. The molecule has 0 aliphatic heterocycles. The first-order valence-electron chi connectivity index (χ1n) is 5.37. The van der Waals surface area contributed by atoms with Crippen LogP contribution in [0.3, 0.4) is 0 Å². The van der Waals surface area contributed by atoms with Crippen LogP contribution in [0.1, 0.15) is 21.8 Å². The lowest BCUT2D eigenvalue weighted by atomic mass is 10.1. The predicted molar refractivity (Wildman–Crippen MR) is 63.8 cm³/mol. The maximum atomic E-state index is 12.0. The van der Waals surface area contributed by atoms with Crippen LogP contribution >= 0.6 is 0 Å². The van der Waals surface area contributed by atoms with Gasteiger partial charge < -0.3 is 9.42 Å². The van der Waals surface area contributed by atoms with Gasteiger partial charge in [-0.25, -0.2) is 0 Å². The normalized spacial score (nSPS) is 10.8. The topological polar surface area (TPSA) is 46.3 Å². The van der Waals surface area contributed by atoms with Crippen LogP contribution in [0.25, 0.3) is 0 Å². The van der Waals surface area contributed by atoms with E-state index in [1.165, 1.54) is 0 Å². The standard InChI is InChI=1S/C13H14N2O2/c1-15(2)9-11-8-12(14-17-11)13(16)10-6-4-3-5-7-10/h3-8H,9H2,1-2H3. The molecule has 4 heteroatoms. The van der Waals surface area contributed by atoms with Crippen LogP contribution in [0.15, 0.2) is 40.9 Å². The number of aromatic nitrogens is 1.